The largest absolute Gasteiger partial charge is 0.506 e. The van der Waals surface area contributed by atoms with E-state index in [2.05, 4.69) is 34.2 Å². The fraction of sp³-hybridized carbons (Fsp3) is 0.500. The maximum absolute atomic E-state index is 9.99. The molecule has 0 atom stereocenters. The molecule has 0 spiro atoms. The fourth-order valence-corrected chi connectivity index (χ4v) is 2.73. The van der Waals surface area contributed by atoms with E-state index in [9.17, 15) is 5.11 Å². The van der Waals surface area contributed by atoms with Crippen molar-refractivity contribution in [3.63, 3.8) is 0 Å². The summed E-state index contributed by atoms with van der Waals surface area (Å²) in [5.74, 6) is 1.35. The third kappa shape index (κ3) is 4.91. The van der Waals surface area contributed by atoms with Crippen molar-refractivity contribution in [2.45, 2.75) is 20.3 Å². The third-order valence-corrected chi connectivity index (χ3v) is 3.93. The summed E-state index contributed by atoms with van der Waals surface area (Å²) in [4.78, 5) is 9.23. The average Bonchev–Trinajstić information content (AvgIpc) is 2.58. The standard InChI is InChI=1S/C18H28N4O/c1-3-5-8-11-20-18(19-4-2)22-14-12-21(13-15-22)16-9-6-7-10-17(16)23/h3,5-7,9-10,23H,4,8,11-15H2,1-2H3,(H,19,20). The summed E-state index contributed by atoms with van der Waals surface area (Å²) in [6.07, 6.45) is 5.18. The van der Waals surface area contributed by atoms with Crippen molar-refractivity contribution in [2.24, 2.45) is 4.99 Å². The molecule has 0 aromatic heterocycles. The molecule has 1 aromatic carbocycles. The van der Waals surface area contributed by atoms with Crippen molar-refractivity contribution in [1.29, 1.82) is 0 Å². The lowest BCUT2D eigenvalue weighted by atomic mass is 10.2. The number of nitrogens with zero attached hydrogens (tertiary/aromatic N) is 3. The van der Waals surface area contributed by atoms with Crippen LogP contribution in [-0.4, -0.2) is 55.2 Å². The SMILES string of the molecule is CC=CCCN=C(NCC)N1CCN(c2ccccc2O)CC1. The van der Waals surface area contributed by atoms with Gasteiger partial charge in [-0.3, -0.25) is 4.99 Å². The number of aliphatic imine (C=N–C) groups is 1. The first-order chi connectivity index (χ1) is 11.3. The zero-order valence-corrected chi connectivity index (χ0v) is 14.2. The van der Waals surface area contributed by atoms with Gasteiger partial charge in [-0.15, -0.1) is 0 Å². The lowest BCUT2D eigenvalue weighted by Gasteiger charge is -2.37. The van der Waals surface area contributed by atoms with Crippen molar-refractivity contribution >= 4 is 11.6 Å². The predicted octanol–water partition coefficient (Wildman–Crippen LogP) is 2.45. The highest BCUT2D eigenvalue weighted by atomic mass is 16.3. The first-order valence-electron chi connectivity index (χ1n) is 8.43. The molecule has 0 bridgehead atoms. The zero-order valence-electron chi connectivity index (χ0n) is 14.2. The molecule has 0 aliphatic carbocycles. The van der Waals surface area contributed by atoms with E-state index in [1.54, 1.807) is 6.07 Å². The van der Waals surface area contributed by atoms with Crippen LogP contribution in [-0.2, 0) is 0 Å². The van der Waals surface area contributed by atoms with Gasteiger partial charge in [0, 0.05) is 39.3 Å². The van der Waals surface area contributed by atoms with Gasteiger partial charge in [-0.05, 0) is 32.4 Å². The van der Waals surface area contributed by atoms with Gasteiger partial charge in [0.05, 0.1) is 5.69 Å². The third-order valence-electron chi connectivity index (χ3n) is 3.93. The van der Waals surface area contributed by atoms with Crippen molar-refractivity contribution in [3.8, 4) is 5.75 Å². The number of hydrogen-bond donors (Lipinski definition) is 2. The fourth-order valence-electron chi connectivity index (χ4n) is 2.73. The number of phenolic OH excluding ortho intramolecular Hbond substituents is 1. The average molecular weight is 316 g/mol. The Bertz CT molecular complexity index is 534. The summed E-state index contributed by atoms with van der Waals surface area (Å²) in [7, 11) is 0. The molecule has 0 radical (unpaired) electrons. The quantitative estimate of drug-likeness (QED) is 0.379. The number of anilines is 1. The Balaban J connectivity index is 1.94. The second-order valence-electron chi connectivity index (χ2n) is 5.56. The first-order valence-corrected chi connectivity index (χ1v) is 8.43. The van der Waals surface area contributed by atoms with Gasteiger partial charge in [-0.2, -0.15) is 0 Å². The number of piperazine rings is 1. The summed E-state index contributed by atoms with van der Waals surface area (Å²) in [6.45, 7) is 9.41. The molecule has 5 heteroatoms. The van der Waals surface area contributed by atoms with Crippen LogP contribution in [0.1, 0.15) is 20.3 Å². The molecule has 1 fully saturated rings. The Hall–Kier alpha value is -2.17. The summed E-state index contributed by atoms with van der Waals surface area (Å²) < 4.78 is 0. The Labute approximate surface area is 139 Å². The summed E-state index contributed by atoms with van der Waals surface area (Å²) in [5, 5.41) is 13.4. The van der Waals surface area contributed by atoms with Crippen molar-refractivity contribution in [2.75, 3.05) is 44.2 Å². The maximum Gasteiger partial charge on any atom is 0.194 e. The lowest BCUT2D eigenvalue weighted by molar-refractivity contribution is 0.370. The molecule has 5 nitrogen and oxygen atoms in total. The van der Waals surface area contributed by atoms with Gasteiger partial charge in [0.2, 0.25) is 0 Å². The van der Waals surface area contributed by atoms with Crippen LogP contribution in [0.3, 0.4) is 0 Å². The van der Waals surface area contributed by atoms with Crippen LogP contribution in [0.4, 0.5) is 5.69 Å². The van der Waals surface area contributed by atoms with Crippen LogP contribution < -0.4 is 10.2 Å². The molecule has 2 rings (SSSR count). The second kappa shape index (κ2) is 9.08. The molecule has 1 aliphatic rings. The van der Waals surface area contributed by atoms with E-state index in [1.165, 1.54) is 0 Å². The van der Waals surface area contributed by atoms with Gasteiger partial charge in [-0.25, -0.2) is 0 Å². The summed E-state index contributed by atoms with van der Waals surface area (Å²) in [5.41, 5.74) is 0.919. The van der Waals surface area contributed by atoms with E-state index in [4.69, 9.17) is 4.99 Å². The number of rotatable bonds is 5. The number of para-hydroxylation sites is 2. The molecule has 23 heavy (non-hydrogen) atoms. The highest BCUT2D eigenvalue weighted by Gasteiger charge is 2.21. The smallest absolute Gasteiger partial charge is 0.194 e. The van der Waals surface area contributed by atoms with Gasteiger partial charge >= 0.3 is 0 Å². The van der Waals surface area contributed by atoms with Gasteiger partial charge in [0.1, 0.15) is 5.75 Å². The summed E-state index contributed by atoms with van der Waals surface area (Å²) >= 11 is 0. The van der Waals surface area contributed by atoms with Gasteiger partial charge in [-0.1, -0.05) is 24.3 Å². The summed E-state index contributed by atoms with van der Waals surface area (Å²) in [6, 6.07) is 7.54. The minimum atomic E-state index is 0.355. The monoisotopic (exact) mass is 316 g/mol. The lowest BCUT2D eigenvalue weighted by Crippen LogP contribution is -2.52. The number of nitrogens with one attached hydrogen (secondary N) is 1. The number of aromatic hydroxyl groups is 1. The molecular formula is C18H28N4O. The zero-order chi connectivity index (χ0) is 16.5. The van der Waals surface area contributed by atoms with Crippen molar-refractivity contribution < 1.29 is 5.11 Å². The van der Waals surface area contributed by atoms with Crippen molar-refractivity contribution in [1.82, 2.24) is 10.2 Å². The van der Waals surface area contributed by atoms with E-state index in [1.807, 2.05) is 25.1 Å². The Morgan fingerprint density at radius 3 is 2.65 bits per heavy atom. The second-order valence-corrected chi connectivity index (χ2v) is 5.56. The molecule has 1 aromatic rings. The van der Waals surface area contributed by atoms with Crippen LogP contribution in [0.2, 0.25) is 0 Å². The number of phenols is 1. The van der Waals surface area contributed by atoms with Crippen LogP contribution in [0.25, 0.3) is 0 Å². The van der Waals surface area contributed by atoms with E-state index in [0.29, 0.717) is 5.75 Å². The highest BCUT2D eigenvalue weighted by Crippen LogP contribution is 2.27. The van der Waals surface area contributed by atoms with E-state index >= 15 is 0 Å². The van der Waals surface area contributed by atoms with E-state index in [-0.39, 0.29) is 0 Å². The molecule has 0 amide bonds. The van der Waals surface area contributed by atoms with Crippen LogP contribution >= 0.6 is 0 Å². The number of hydrogen-bond acceptors (Lipinski definition) is 3. The predicted molar refractivity (Wildman–Crippen MR) is 97.3 cm³/mol. The topological polar surface area (TPSA) is 51.1 Å². The molecule has 1 heterocycles. The van der Waals surface area contributed by atoms with Crippen molar-refractivity contribution in [3.05, 3.63) is 36.4 Å². The minimum absolute atomic E-state index is 0.355. The van der Waals surface area contributed by atoms with E-state index < -0.39 is 0 Å². The number of guanidine groups is 1. The minimum Gasteiger partial charge on any atom is -0.506 e. The molecule has 0 saturated carbocycles. The first kappa shape index (κ1) is 17.2. The van der Waals surface area contributed by atoms with Gasteiger partial charge in [0.15, 0.2) is 5.96 Å². The molecular weight excluding hydrogens is 288 g/mol. The Morgan fingerprint density at radius 1 is 1.26 bits per heavy atom. The number of benzene rings is 1. The normalized spacial score (nSPS) is 16.2. The van der Waals surface area contributed by atoms with E-state index in [0.717, 1.165) is 57.3 Å². The van der Waals surface area contributed by atoms with Gasteiger partial charge < -0.3 is 20.2 Å². The molecule has 1 aliphatic heterocycles. The van der Waals surface area contributed by atoms with Crippen LogP contribution in [0.5, 0.6) is 5.75 Å². The van der Waals surface area contributed by atoms with Crippen LogP contribution in [0.15, 0.2) is 41.4 Å². The molecule has 2 N–H and O–H groups in total. The molecule has 1 saturated heterocycles. The molecule has 0 unspecified atom stereocenters. The van der Waals surface area contributed by atoms with Crippen LogP contribution in [0, 0.1) is 0 Å². The Kier molecular flexibility index (Phi) is 6.78. The maximum atomic E-state index is 9.99. The highest BCUT2D eigenvalue weighted by molar-refractivity contribution is 5.80. The van der Waals surface area contributed by atoms with Gasteiger partial charge in [0.25, 0.3) is 0 Å². The Morgan fingerprint density at radius 2 is 2.00 bits per heavy atom. The number of allylic oxidation sites excluding steroid dienone is 1. The molecule has 126 valence electrons.